The molecule has 2 aromatic rings. The summed E-state index contributed by atoms with van der Waals surface area (Å²) in [6.07, 6.45) is 1.71. The first-order valence-corrected chi connectivity index (χ1v) is 12.7. The molecule has 2 fully saturated rings. The second-order valence-corrected chi connectivity index (χ2v) is 10.4. The Morgan fingerprint density at radius 3 is 2.47 bits per heavy atom. The summed E-state index contributed by atoms with van der Waals surface area (Å²) in [6, 6.07) is 8.75. The number of benzene rings is 1. The van der Waals surface area contributed by atoms with Crippen molar-refractivity contribution in [2.75, 3.05) is 52.4 Å². The van der Waals surface area contributed by atoms with E-state index in [9.17, 15) is 13.2 Å². The van der Waals surface area contributed by atoms with Crippen LogP contribution in [-0.2, 0) is 10.0 Å². The number of aryl methyl sites for hydroxylation is 1. The molecule has 1 aromatic carbocycles. The number of ether oxygens (including phenoxy) is 1. The van der Waals surface area contributed by atoms with Crippen molar-refractivity contribution in [1.82, 2.24) is 14.1 Å². The Balaban J connectivity index is 1.30. The monoisotopic (exact) mass is 481 g/mol. The van der Waals surface area contributed by atoms with Gasteiger partial charge in [-0.2, -0.15) is 4.31 Å². The maximum absolute atomic E-state index is 12.9. The predicted molar refractivity (Wildman–Crippen MR) is 121 cm³/mol. The minimum absolute atomic E-state index is 0.0794. The van der Waals surface area contributed by atoms with E-state index in [2.05, 4.69) is 4.90 Å². The number of carbonyl (C=O) groups excluding carboxylic acids is 1. The molecule has 0 spiro atoms. The second kappa shape index (κ2) is 9.82. The molecule has 174 valence electrons. The Labute approximate surface area is 193 Å². The van der Waals surface area contributed by atoms with Crippen molar-refractivity contribution in [3.63, 3.8) is 0 Å². The van der Waals surface area contributed by atoms with Crippen LogP contribution in [0.25, 0.3) is 0 Å². The van der Waals surface area contributed by atoms with Crippen LogP contribution in [0, 0.1) is 6.92 Å². The number of hydrogen-bond acceptors (Lipinski definition) is 6. The zero-order chi connectivity index (χ0) is 22.7. The van der Waals surface area contributed by atoms with Crippen LogP contribution in [0.15, 0.2) is 39.6 Å². The van der Waals surface area contributed by atoms with Gasteiger partial charge in [0.25, 0.3) is 5.91 Å². The van der Waals surface area contributed by atoms with E-state index < -0.39 is 10.0 Å². The van der Waals surface area contributed by atoms with Gasteiger partial charge in [-0.3, -0.25) is 9.69 Å². The van der Waals surface area contributed by atoms with E-state index in [0.717, 1.165) is 19.4 Å². The molecule has 0 atom stereocenters. The molecule has 2 aliphatic heterocycles. The summed E-state index contributed by atoms with van der Waals surface area (Å²) in [5.41, 5.74) is 0. The van der Waals surface area contributed by atoms with Crippen molar-refractivity contribution in [1.29, 1.82) is 0 Å². The molecule has 4 rings (SSSR count). The third-order valence-corrected chi connectivity index (χ3v) is 8.25. The van der Waals surface area contributed by atoms with E-state index in [4.69, 9.17) is 20.8 Å². The third kappa shape index (κ3) is 4.96. The molecular formula is C22H28ClN3O5S. The van der Waals surface area contributed by atoms with Gasteiger partial charge in [0.15, 0.2) is 5.76 Å². The van der Waals surface area contributed by atoms with Gasteiger partial charge in [-0.25, -0.2) is 8.42 Å². The number of nitrogens with zero attached hydrogens (tertiary/aromatic N) is 3. The first-order chi connectivity index (χ1) is 15.4. The summed E-state index contributed by atoms with van der Waals surface area (Å²) in [5, 5.41) is 0.586. The lowest BCUT2D eigenvalue weighted by molar-refractivity contribution is 0.0589. The minimum Gasteiger partial charge on any atom is -0.491 e. The van der Waals surface area contributed by atoms with E-state index in [0.29, 0.717) is 56.6 Å². The standard InChI is InChI=1S/C22H28ClN3O5S/c1-17-21(32(28,29)26-8-4-5-9-26)16-20(31-17)22(27)25-12-10-24(11-13-25)14-15-30-19-7-3-2-6-18(19)23/h2-3,6-7,16H,4-5,8-15H2,1H3. The minimum atomic E-state index is -3.62. The zero-order valence-electron chi connectivity index (χ0n) is 18.1. The number of amides is 1. The quantitative estimate of drug-likeness (QED) is 0.604. The molecule has 1 amide bonds. The highest BCUT2D eigenvalue weighted by molar-refractivity contribution is 7.89. The molecule has 0 N–H and O–H groups in total. The number of sulfonamides is 1. The Morgan fingerprint density at radius 2 is 1.78 bits per heavy atom. The van der Waals surface area contributed by atoms with Gasteiger partial charge in [0.05, 0.1) is 5.02 Å². The summed E-state index contributed by atoms with van der Waals surface area (Å²) < 4.78 is 38.5. The summed E-state index contributed by atoms with van der Waals surface area (Å²) in [6.45, 7) is 6.34. The number of para-hydroxylation sites is 1. The molecule has 1 aromatic heterocycles. The topological polar surface area (TPSA) is 83.3 Å². The lowest BCUT2D eigenvalue weighted by Crippen LogP contribution is -2.49. The highest BCUT2D eigenvalue weighted by Crippen LogP contribution is 2.27. The average Bonchev–Trinajstić information content (AvgIpc) is 3.46. The Kier molecular flexibility index (Phi) is 7.09. The summed E-state index contributed by atoms with van der Waals surface area (Å²) >= 11 is 6.10. The molecule has 0 bridgehead atoms. The lowest BCUT2D eigenvalue weighted by atomic mass is 10.3. The van der Waals surface area contributed by atoms with Crippen LogP contribution in [0.2, 0.25) is 5.02 Å². The molecule has 2 saturated heterocycles. The first-order valence-electron chi connectivity index (χ1n) is 10.9. The smallest absolute Gasteiger partial charge is 0.289 e. The number of halogens is 1. The molecule has 2 aliphatic rings. The van der Waals surface area contributed by atoms with Gasteiger partial charge < -0.3 is 14.1 Å². The molecule has 10 heteroatoms. The van der Waals surface area contributed by atoms with Crippen LogP contribution in [-0.4, -0.2) is 80.9 Å². The van der Waals surface area contributed by atoms with Gasteiger partial charge in [-0.05, 0) is 31.9 Å². The average molecular weight is 482 g/mol. The number of hydrogen-bond donors (Lipinski definition) is 0. The maximum Gasteiger partial charge on any atom is 0.289 e. The van der Waals surface area contributed by atoms with Gasteiger partial charge in [0, 0.05) is 51.9 Å². The van der Waals surface area contributed by atoms with E-state index >= 15 is 0 Å². The third-order valence-electron chi connectivity index (χ3n) is 5.93. The fourth-order valence-electron chi connectivity index (χ4n) is 4.07. The van der Waals surface area contributed by atoms with E-state index in [1.807, 2.05) is 18.2 Å². The van der Waals surface area contributed by atoms with Crippen molar-refractivity contribution in [2.24, 2.45) is 0 Å². The van der Waals surface area contributed by atoms with Gasteiger partial charge in [0.1, 0.15) is 23.0 Å². The van der Waals surface area contributed by atoms with Crippen LogP contribution in [0.5, 0.6) is 5.75 Å². The van der Waals surface area contributed by atoms with E-state index in [1.54, 1.807) is 17.9 Å². The van der Waals surface area contributed by atoms with Gasteiger partial charge in [-0.1, -0.05) is 23.7 Å². The van der Waals surface area contributed by atoms with Gasteiger partial charge in [-0.15, -0.1) is 0 Å². The Morgan fingerprint density at radius 1 is 1.09 bits per heavy atom. The molecule has 8 nitrogen and oxygen atoms in total. The fourth-order valence-corrected chi connectivity index (χ4v) is 5.94. The van der Waals surface area contributed by atoms with Crippen molar-refractivity contribution >= 4 is 27.5 Å². The first kappa shape index (κ1) is 23.1. The summed E-state index contributed by atoms with van der Waals surface area (Å²) in [4.78, 5) is 16.9. The van der Waals surface area contributed by atoms with Crippen molar-refractivity contribution in [3.05, 3.63) is 46.9 Å². The van der Waals surface area contributed by atoms with E-state index in [1.165, 1.54) is 10.4 Å². The molecule has 3 heterocycles. The molecule has 0 unspecified atom stereocenters. The van der Waals surface area contributed by atoms with Crippen LogP contribution in [0.4, 0.5) is 0 Å². The predicted octanol–water partition coefficient (Wildman–Crippen LogP) is 2.86. The molecular weight excluding hydrogens is 454 g/mol. The highest BCUT2D eigenvalue weighted by Gasteiger charge is 2.33. The van der Waals surface area contributed by atoms with Crippen LogP contribution in [0.1, 0.15) is 29.2 Å². The Hall–Kier alpha value is -2.07. The molecule has 0 saturated carbocycles. The van der Waals surface area contributed by atoms with Gasteiger partial charge >= 0.3 is 0 Å². The zero-order valence-corrected chi connectivity index (χ0v) is 19.7. The molecule has 0 radical (unpaired) electrons. The Bertz CT molecular complexity index is 1060. The SMILES string of the molecule is Cc1oc(C(=O)N2CCN(CCOc3ccccc3Cl)CC2)cc1S(=O)(=O)N1CCCC1. The highest BCUT2D eigenvalue weighted by atomic mass is 35.5. The number of furan rings is 1. The lowest BCUT2D eigenvalue weighted by Gasteiger charge is -2.34. The van der Waals surface area contributed by atoms with Crippen molar-refractivity contribution in [2.45, 2.75) is 24.7 Å². The van der Waals surface area contributed by atoms with Crippen LogP contribution in [0.3, 0.4) is 0 Å². The van der Waals surface area contributed by atoms with Crippen molar-refractivity contribution < 1.29 is 22.4 Å². The normalized spacial score (nSPS) is 18.2. The largest absolute Gasteiger partial charge is 0.491 e. The van der Waals surface area contributed by atoms with E-state index in [-0.39, 0.29) is 22.3 Å². The van der Waals surface area contributed by atoms with Gasteiger partial charge in [0.2, 0.25) is 10.0 Å². The molecule has 32 heavy (non-hydrogen) atoms. The number of rotatable bonds is 7. The van der Waals surface area contributed by atoms with Crippen LogP contribution >= 0.6 is 11.6 Å². The maximum atomic E-state index is 12.9. The second-order valence-electron chi connectivity index (χ2n) is 8.06. The van der Waals surface area contributed by atoms with Crippen molar-refractivity contribution in [3.8, 4) is 5.75 Å². The number of carbonyl (C=O) groups is 1. The fraction of sp³-hybridized carbons (Fsp3) is 0.500. The summed E-state index contributed by atoms with van der Waals surface area (Å²) in [7, 11) is -3.62. The summed E-state index contributed by atoms with van der Waals surface area (Å²) in [5.74, 6) is 0.727. The molecule has 0 aliphatic carbocycles. The van der Waals surface area contributed by atoms with Crippen LogP contribution < -0.4 is 4.74 Å². The number of piperazine rings is 1.